The van der Waals surface area contributed by atoms with Gasteiger partial charge in [-0.3, -0.25) is 4.79 Å². The summed E-state index contributed by atoms with van der Waals surface area (Å²) in [5, 5.41) is 6.48. The van der Waals surface area contributed by atoms with Crippen molar-refractivity contribution in [2.45, 2.75) is 25.8 Å². The van der Waals surface area contributed by atoms with Gasteiger partial charge in [0, 0.05) is 11.9 Å². The Kier molecular flexibility index (Phi) is 3.97. The number of anilines is 1. The summed E-state index contributed by atoms with van der Waals surface area (Å²) in [6.07, 6.45) is 3.80. The smallest absolute Gasteiger partial charge is 0.241 e. The fourth-order valence-electron chi connectivity index (χ4n) is 2.10. The van der Waals surface area contributed by atoms with E-state index in [0.29, 0.717) is 16.8 Å². The lowest BCUT2D eigenvalue weighted by molar-refractivity contribution is -0.119. The minimum absolute atomic E-state index is 0.000494. The highest BCUT2D eigenvalue weighted by Gasteiger charge is 2.27. The molecule has 0 saturated carbocycles. The van der Waals surface area contributed by atoms with E-state index >= 15 is 0 Å². The Morgan fingerprint density at radius 2 is 2.47 bits per heavy atom. The first-order chi connectivity index (χ1) is 8.16. The van der Waals surface area contributed by atoms with Crippen LogP contribution >= 0.6 is 11.6 Å². The van der Waals surface area contributed by atoms with Crippen LogP contribution in [0.25, 0.3) is 0 Å². The highest BCUT2D eigenvalue weighted by Crippen LogP contribution is 2.18. The van der Waals surface area contributed by atoms with Gasteiger partial charge in [0.2, 0.25) is 5.91 Å². The molecule has 4 nitrogen and oxygen atoms in total. The van der Waals surface area contributed by atoms with Crippen molar-refractivity contribution in [2.75, 3.05) is 11.9 Å². The van der Waals surface area contributed by atoms with E-state index in [1.165, 1.54) is 0 Å². The third kappa shape index (κ3) is 3.17. The summed E-state index contributed by atoms with van der Waals surface area (Å²) in [4.78, 5) is 15.9. The molecule has 2 unspecified atom stereocenters. The standard InChI is InChI=1S/C12H16ClN3O/c1-8-3-2-5-15-11(8)12(17)16-9-4-6-14-10(13)7-9/h4,6-8,11,15H,2-3,5H2,1H3,(H,14,16,17). The van der Waals surface area contributed by atoms with E-state index in [-0.39, 0.29) is 11.9 Å². The molecule has 0 spiro atoms. The zero-order chi connectivity index (χ0) is 12.3. The number of hydrogen-bond acceptors (Lipinski definition) is 3. The van der Waals surface area contributed by atoms with Crippen molar-refractivity contribution in [3.8, 4) is 0 Å². The number of nitrogens with one attached hydrogen (secondary N) is 2. The molecule has 0 aromatic carbocycles. The predicted molar refractivity (Wildman–Crippen MR) is 68.1 cm³/mol. The number of pyridine rings is 1. The molecule has 1 fully saturated rings. The van der Waals surface area contributed by atoms with Crippen molar-refractivity contribution >= 4 is 23.2 Å². The van der Waals surface area contributed by atoms with Crippen LogP contribution < -0.4 is 10.6 Å². The molecule has 1 amide bonds. The molecule has 1 aliphatic rings. The maximum Gasteiger partial charge on any atom is 0.241 e. The van der Waals surface area contributed by atoms with Crippen LogP contribution in [0.1, 0.15) is 19.8 Å². The maximum absolute atomic E-state index is 12.1. The number of aromatic nitrogens is 1. The lowest BCUT2D eigenvalue weighted by Gasteiger charge is -2.28. The molecule has 0 radical (unpaired) electrons. The van der Waals surface area contributed by atoms with Crippen molar-refractivity contribution in [3.63, 3.8) is 0 Å². The first-order valence-electron chi connectivity index (χ1n) is 5.82. The number of carbonyl (C=O) groups excluding carboxylic acids is 1. The van der Waals surface area contributed by atoms with Gasteiger partial charge >= 0.3 is 0 Å². The molecule has 2 N–H and O–H groups in total. The third-order valence-electron chi connectivity index (χ3n) is 3.05. The lowest BCUT2D eigenvalue weighted by Crippen LogP contribution is -2.48. The summed E-state index contributed by atoms with van der Waals surface area (Å²) in [5.74, 6) is 0.362. The van der Waals surface area contributed by atoms with Gasteiger partial charge in [-0.1, -0.05) is 18.5 Å². The molecule has 5 heteroatoms. The number of rotatable bonds is 2. The van der Waals surface area contributed by atoms with Gasteiger partial charge in [0.25, 0.3) is 0 Å². The number of hydrogen-bond donors (Lipinski definition) is 2. The Bertz CT molecular complexity index is 410. The van der Waals surface area contributed by atoms with Gasteiger partial charge in [-0.25, -0.2) is 4.98 Å². The van der Waals surface area contributed by atoms with Gasteiger partial charge in [0.1, 0.15) is 5.15 Å². The monoisotopic (exact) mass is 253 g/mol. The Morgan fingerprint density at radius 1 is 1.65 bits per heavy atom. The van der Waals surface area contributed by atoms with Crippen molar-refractivity contribution in [1.29, 1.82) is 0 Å². The van der Waals surface area contributed by atoms with Gasteiger partial charge in [0.05, 0.1) is 6.04 Å². The largest absolute Gasteiger partial charge is 0.325 e. The fraction of sp³-hybridized carbons (Fsp3) is 0.500. The molecule has 2 rings (SSSR count). The van der Waals surface area contributed by atoms with Gasteiger partial charge in [0.15, 0.2) is 0 Å². The van der Waals surface area contributed by atoms with Crippen LogP contribution in [0, 0.1) is 5.92 Å². The van der Waals surface area contributed by atoms with Gasteiger partial charge in [-0.2, -0.15) is 0 Å². The minimum atomic E-state index is -0.115. The van der Waals surface area contributed by atoms with Crippen molar-refractivity contribution in [1.82, 2.24) is 10.3 Å². The summed E-state index contributed by atoms with van der Waals surface area (Å²) in [6, 6.07) is 3.26. The molecule has 1 aliphatic heterocycles. The van der Waals surface area contributed by atoms with Crippen molar-refractivity contribution in [3.05, 3.63) is 23.5 Å². The van der Waals surface area contributed by atoms with E-state index in [0.717, 1.165) is 19.4 Å². The average molecular weight is 254 g/mol. The second-order valence-electron chi connectivity index (χ2n) is 4.41. The van der Waals surface area contributed by atoms with Gasteiger partial charge in [-0.05, 0) is 37.4 Å². The van der Waals surface area contributed by atoms with Crippen LogP contribution in [0.3, 0.4) is 0 Å². The zero-order valence-electron chi connectivity index (χ0n) is 9.74. The molecule has 1 saturated heterocycles. The number of nitrogens with zero attached hydrogens (tertiary/aromatic N) is 1. The Labute approximate surface area is 106 Å². The van der Waals surface area contributed by atoms with Crippen molar-refractivity contribution in [2.24, 2.45) is 5.92 Å². The number of carbonyl (C=O) groups is 1. The van der Waals surface area contributed by atoms with E-state index in [2.05, 4.69) is 22.5 Å². The average Bonchev–Trinajstić information content (AvgIpc) is 2.29. The second kappa shape index (κ2) is 5.47. The van der Waals surface area contributed by atoms with Crippen LogP contribution in [0.15, 0.2) is 18.3 Å². The van der Waals surface area contributed by atoms with Crippen LogP contribution in [0.5, 0.6) is 0 Å². The van der Waals surface area contributed by atoms with Crippen molar-refractivity contribution < 1.29 is 4.79 Å². The molecule has 1 aromatic rings. The number of amides is 1. The normalized spacial score (nSPS) is 24.4. The molecule has 2 heterocycles. The highest BCUT2D eigenvalue weighted by molar-refractivity contribution is 6.29. The predicted octanol–water partition coefficient (Wildman–Crippen LogP) is 2.06. The quantitative estimate of drug-likeness (QED) is 0.794. The van der Waals surface area contributed by atoms with E-state index in [9.17, 15) is 4.79 Å². The van der Waals surface area contributed by atoms with Gasteiger partial charge in [-0.15, -0.1) is 0 Å². The first kappa shape index (κ1) is 12.3. The number of piperidine rings is 1. The van der Waals surface area contributed by atoms with E-state index < -0.39 is 0 Å². The molecule has 0 bridgehead atoms. The second-order valence-corrected chi connectivity index (χ2v) is 4.80. The molecule has 92 valence electrons. The maximum atomic E-state index is 12.1. The van der Waals surface area contributed by atoms with E-state index in [4.69, 9.17) is 11.6 Å². The topological polar surface area (TPSA) is 54.0 Å². The van der Waals surface area contributed by atoms with Crippen LogP contribution in [-0.2, 0) is 4.79 Å². The molecule has 2 atom stereocenters. The van der Waals surface area contributed by atoms with E-state index in [1.807, 2.05) is 0 Å². The number of halogens is 1. The summed E-state index contributed by atoms with van der Waals surface area (Å²) in [7, 11) is 0. The lowest BCUT2D eigenvalue weighted by atomic mass is 9.92. The van der Waals surface area contributed by atoms with Crippen LogP contribution in [-0.4, -0.2) is 23.5 Å². The summed E-state index contributed by atoms with van der Waals surface area (Å²) < 4.78 is 0. The SMILES string of the molecule is CC1CCCNC1C(=O)Nc1ccnc(Cl)c1. The summed E-state index contributed by atoms with van der Waals surface area (Å²) in [6.45, 7) is 3.00. The fourth-order valence-corrected chi connectivity index (χ4v) is 2.27. The van der Waals surface area contributed by atoms with Crippen LogP contribution in [0.4, 0.5) is 5.69 Å². The third-order valence-corrected chi connectivity index (χ3v) is 3.25. The minimum Gasteiger partial charge on any atom is -0.325 e. The molecule has 0 aliphatic carbocycles. The van der Waals surface area contributed by atoms with Crippen LogP contribution in [0.2, 0.25) is 5.15 Å². The molecular weight excluding hydrogens is 238 g/mol. The highest BCUT2D eigenvalue weighted by atomic mass is 35.5. The Balaban J connectivity index is 2.01. The zero-order valence-corrected chi connectivity index (χ0v) is 10.5. The van der Waals surface area contributed by atoms with E-state index in [1.54, 1.807) is 18.3 Å². The summed E-state index contributed by atoms with van der Waals surface area (Å²) in [5.41, 5.74) is 0.689. The summed E-state index contributed by atoms with van der Waals surface area (Å²) >= 11 is 5.76. The first-order valence-corrected chi connectivity index (χ1v) is 6.20. The molecular formula is C12H16ClN3O. The Hall–Kier alpha value is -1.13. The molecule has 1 aromatic heterocycles. The van der Waals surface area contributed by atoms with Gasteiger partial charge < -0.3 is 10.6 Å². The Morgan fingerprint density at radius 3 is 3.18 bits per heavy atom. The molecule has 17 heavy (non-hydrogen) atoms.